The third-order valence-electron chi connectivity index (χ3n) is 14.2. The van der Waals surface area contributed by atoms with E-state index in [1.165, 1.54) is 173 Å². The Hall–Kier alpha value is -3.41. The summed E-state index contributed by atoms with van der Waals surface area (Å²) < 4.78 is 16.9. The zero-order chi connectivity index (χ0) is 55.0. The van der Waals surface area contributed by atoms with Gasteiger partial charge in [-0.25, -0.2) is 0 Å². The lowest BCUT2D eigenvalue weighted by Crippen LogP contribution is -2.30. The fourth-order valence-electron chi connectivity index (χ4n) is 9.31. The fourth-order valence-corrected chi connectivity index (χ4v) is 9.31. The molecule has 0 amide bonds. The summed E-state index contributed by atoms with van der Waals surface area (Å²) in [5.74, 6) is -0.901. The van der Waals surface area contributed by atoms with Crippen molar-refractivity contribution in [1.29, 1.82) is 0 Å². The molecule has 6 heteroatoms. The first-order valence-corrected chi connectivity index (χ1v) is 32.6. The molecule has 0 radical (unpaired) electrons. The van der Waals surface area contributed by atoms with Gasteiger partial charge >= 0.3 is 17.9 Å². The van der Waals surface area contributed by atoms with Crippen LogP contribution < -0.4 is 0 Å². The van der Waals surface area contributed by atoms with Gasteiger partial charge in [0, 0.05) is 19.3 Å². The maximum Gasteiger partial charge on any atom is 0.306 e. The van der Waals surface area contributed by atoms with Crippen LogP contribution >= 0.6 is 0 Å². The van der Waals surface area contributed by atoms with Crippen molar-refractivity contribution in [2.75, 3.05) is 13.2 Å². The van der Waals surface area contributed by atoms with Crippen LogP contribution in [-0.4, -0.2) is 37.2 Å². The fraction of sp³-hybridized carbons (Fsp3) is 0.757. The number of allylic oxidation sites excluding steroid dienone is 14. The van der Waals surface area contributed by atoms with Gasteiger partial charge in [-0.3, -0.25) is 14.4 Å². The molecule has 0 aromatic rings. The Bertz CT molecular complexity index is 1450. The summed E-state index contributed by atoms with van der Waals surface area (Å²) in [4.78, 5) is 38.3. The summed E-state index contributed by atoms with van der Waals surface area (Å²) in [6.07, 6.45) is 84.5. The molecule has 0 bridgehead atoms. The third kappa shape index (κ3) is 61.4. The zero-order valence-electron chi connectivity index (χ0n) is 50.3. The second kappa shape index (κ2) is 64.1. The summed E-state index contributed by atoms with van der Waals surface area (Å²) >= 11 is 0. The van der Waals surface area contributed by atoms with Crippen molar-refractivity contribution in [3.05, 3.63) is 85.1 Å². The van der Waals surface area contributed by atoms with Crippen molar-refractivity contribution >= 4 is 17.9 Å². The summed E-state index contributed by atoms with van der Waals surface area (Å²) in [7, 11) is 0. The highest BCUT2D eigenvalue weighted by Gasteiger charge is 2.19. The van der Waals surface area contributed by atoms with Gasteiger partial charge in [0.1, 0.15) is 13.2 Å². The Balaban J connectivity index is 4.38. The van der Waals surface area contributed by atoms with E-state index in [1.54, 1.807) is 0 Å². The summed E-state index contributed by atoms with van der Waals surface area (Å²) in [6, 6.07) is 0. The molecule has 0 aromatic carbocycles. The number of unbranched alkanes of at least 4 members (excludes halogenated alkanes) is 34. The highest BCUT2D eigenvalue weighted by molar-refractivity contribution is 5.71. The van der Waals surface area contributed by atoms with Crippen LogP contribution in [0.5, 0.6) is 0 Å². The molecule has 0 rings (SSSR count). The van der Waals surface area contributed by atoms with Crippen LogP contribution in [0.1, 0.15) is 323 Å². The first kappa shape index (κ1) is 72.6. The Kier molecular flexibility index (Phi) is 61.2. The second-order valence-electron chi connectivity index (χ2n) is 21.7. The monoisotopic (exact) mass is 1060 g/mol. The van der Waals surface area contributed by atoms with E-state index in [-0.39, 0.29) is 31.1 Å². The van der Waals surface area contributed by atoms with Crippen molar-refractivity contribution in [3.63, 3.8) is 0 Å². The van der Waals surface area contributed by atoms with Crippen LogP contribution in [-0.2, 0) is 28.6 Å². The van der Waals surface area contributed by atoms with Crippen LogP contribution in [0.2, 0.25) is 0 Å². The average molecular weight is 1060 g/mol. The molecule has 1 atom stereocenters. The standard InChI is InChI=1S/C70H122O6/c1-4-7-10-13-16-19-22-25-27-29-31-33-34-35-36-37-39-40-42-45-48-51-54-57-60-63-69(72)75-66-67(65-74-68(71)62-59-56-53-50-47-44-24-21-18-15-12-9-6-3)76-70(73)64-61-58-55-52-49-46-43-41-38-32-30-28-26-23-20-17-14-11-8-5-2/h7,10,16,19,25,27,31,33,35-36,39-40,45,48,67H,4-6,8-9,11-15,17-18,20-24,26,28-30,32,34,37-38,41-44,46-47,49-66H2,1-3H3/b10-7-,19-16-,27-25-,33-31-,36-35-,40-39-,48-45-. The zero-order valence-corrected chi connectivity index (χ0v) is 50.3. The van der Waals surface area contributed by atoms with Crippen molar-refractivity contribution in [3.8, 4) is 0 Å². The predicted molar refractivity (Wildman–Crippen MR) is 330 cm³/mol. The minimum absolute atomic E-state index is 0.0829. The minimum Gasteiger partial charge on any atom is -0.462 e. The lowest BCUT2D eigenvalue weighted by atomic mass is 10.0. The van der Waals surface area contributed by atoms with Gasteiger partial charge in [0.25, 0.3) is 0 Å². The number of carbonyl (C=O) groups excluding carboxylic acids is 3. The molecule has 438 valence electrons. The van der Waals surface area contributed by atoms with Crippen molar-refractivity contribution in [2.24, 2.45) is 0 Å². The topological polar surface area (TPSA) is 78.9 Å². The molecule has 0 heterocycles. The van der Waals surface area contributed by atoms with Crippen LogP contribution in [0.15, 0.2) is 85.1 Å². The van der Waals surface area contributed by atoms with E-state index in [4.69, 9.17) is 14.2 Å². The van der Waals surface area contributed by atoms with Gasteiger partial charge in [-0.05, 0) is 77.0 Å². The Morgan fingerprint density at radius 1 is 0.276 bits per heavy atom. The summed E-state index contributed by atoms with van der Waals surface area (Å²) in [5.41, 5.74) is 0. The highest BCUT2D eigenvalue weighted by Crippen LogP contribution is 2.17. The van der Waals surface area contributed by atoms with Gasteiger partial charge in [0.2, 0.25) is 0 Å². The highest BCUT2D eigenvalue weighted by atomic mass is 16.6. The largest absolute Gasteiger partial charge is 0.462 e. The molecule has 0 saturated heterocycles. The van der Waals surface area contributed by atoms with Crippen LogP contribution in [0.4, 0.5) is 0 Å². The predicted octanol–water partition coefficient (Wildman–Crippen LogP) is 22.3. The number of ether oxygens (including phenoxy) is 3. The molecule has 0 spiro atoms. The average Bonchev–Trinajstić information content (AvgIpc) is 3.42. The molecule has 0 saturated carbocycles. The molecule has 0 aliphatic heterocycles. The van der Waals surface area contributed by atoms with Crippen molar-refractivity contribution in [1.82, 2.24) is 0 Å². The van der Waals surface area contributed by atoms with E-state index in [0.717, 1.165) is 109 Å². The van der Waals surface area contributed by atoms with Gasteiger partial charge in [0.15, 0.2) is 6.10 Å². The molecular weight excluding hydrogens is 937 g/mol. The number of rotatable bonds is 59. The second-order valence-corrected chi connectivity index (χ2v) is 21.7. The maximum absolute atomic E-state index is 12.9. The molecule has 0 aliphatic rings. The van der Waals surface area contributed by atoms with Gasteiger partial charge in [-0.15, -0.1) is 0 Å². The van der Waals surface area contributed by atoms with Gasteiger partial charge in [-0.2, -0.15) is 0 Å². The third-order valence-corrected chi connectivity index (χ3v) is 14.2. The number of hydrogen-bond donors (Lipinski definition) is 0. The molecule has 0 fully saturated rings. The maximum atomic E-state index is 12.9. The number of carbonyl (C=O) groups is 3. The summed E-state index contributed by atoms with van der Waals surface area (Å²) in [5, 5.41) is 0. The van der Waals surface area contributed by atoms with Crippen LogP contribution in [0.25, 0.3) is 0 Å². The molecule has 0 aliphatic carbocycles. The van der Waals surface area contributed by atoms with E-state index in [0.29, 0.717) is 19.3 Å². The van der Waals surface area contributed by atoms with Gasteiger partial charge in [-0.1, -0.05) is 311 Å². The SMILES string of the molecule is CC/C=C\C/C=C\C/C=C\C/C=C\C/C=C\C/C=C\C/C=C\CCCCCC(=O)OCC(COC(=O)CCCCCCCCCCCCCCC)OC(=O)CCCCCCCCCCCCCCCCCCCCCC. The minimum atomic E-state index is -0.788. The van der Waals surface area contributed by atoms with Crippen molar-refractivity contribution < 1.29 is 28.6 Å². The van der Waals surface area contributed by atoms with Crippen molar-refractivity contribution in [2.45, 2.75) is 329 Å². The molecule has 0 aromatic heterocycles. The normalized spacial score (nSPS) is 12.6. The quantitative estimate of drug-likeness (QED) is 0.0261. The lowest BCUT2D eigenvalue weighted by molar-refractivity contribution is -0.167. The van der Waals surface area contributed by atoms with Crippen LogP contribution in [0.3, 0.4) is 0 Å². The smallest absolute Gasteiger partial charge is 0.306 e. The summed E-state index contributed by atoms with van der Waals surface area (Å²) in [6.45, 7) is 6.54. The lowest BCUT2D eigenvalue weighted by Gasteiger charge is -2.18. The van der Waals surface area contributed by atoms with E-state index in [1.807, 2.05) is 0 Å². The van der Waals surface area contributed by atoms with E-state index in [2.05, 4.69) is 106 Å². The van der Waals surface area contributed by atoms with Gasteiger partial charge in [0.05, 0.1) is 0 Å². The number of esters is 3. The van der Waals surface area contributed by atoms with E-state index in [9.17, 15) is 14.4 Å². The Morgan fingerprint density at radius 3 is 0.803 bits per heavy atom. The molecule has 76 heavy (non-hydrogen) atoms. The molecular formula is C70H122O6. The Labute approximate surface area is 471 Å². The molecule has 6 nitrogen and oxygen atoms in total. The first-order valence-electron chi connectivity index (χ1n) is 32.6. The first-order chi connectivity index (χ1) is 37.5. The Morgan fingerprint density at radius 2 is 0.513 bits per heavy atom. The number of hydrogen-bond acceptors (Lipinski definition) is 6. The van der Waals surface area contributed by atoms with E-state index >= 15 is 0 Å². The van der Waals surface area contributed by atoms with Crippen LogP contribution in [0, 0.1) is 0 Å². The van der Waals surface area contributed by atoms with Gasteiger partial charge < -0.3 is 14.2 Å². The molecule has 1 unspecified atom stereocenters. The molecule has 0 N–H and O–H groups in total. The van der Waals surface area contributed by atoms with E-state index < -0.39 is 6.10 Å².